The second kappa shape index (κ2) is 7.67. The van der Waals surface area contributed by atoms with Gasteiger partial charge >= 0.3 is 5.97 Å². The monoisotopic (exact) mass is 294 g/mol. The van der Waals surface area contributed by atoms with Crippen LogP contribution in [0.3, 0.4) is 0 Å². The number of ether oxygens (including phenoxy) is 3. The van der Waals surface area contributed by atoms with Gasteiger partial charge in [0, 0.05) is 0 Å². The Morgan fingerprint density at radius 2 is 1.48 bits per heavy atom. The fourth-order valence-electron chi connectivity index (χ4n) is 1.55. The van der Waals surface area contributed by atoms with Gasteiger partial charge in [0.05, 0.1) is 13.2 Å². The second-order valence-corrected chi connectivity index (χ2v) is 4.96. The van der Waals surface area contributed by atoms with Crippen LogP contribution in [-0.4, -0.2) is 31.6 Å². The highest BCUT2D eigenvalue weighted by Crippen LogP contribution is 2.21. The Bertz CT molecular complexity index is 476. The van der Waals surface area contributed by atoms with Crippen molar-refractivity contribution in [2.45, 2.75) is 27.7 Å². The summed E-state index contributed by atoms with van der Waals surface area (Å²) >= 11 is 0. The minimum Gasteiger partial charge on any atom is -0.494 e. The van der Waals surface area contributed by atoms with E-state index in [0.717, 1.165) is 5.75 Å². The first-order chi connectivity index (χ1) is 9.91. The van der Waals surface area contributed by atoms with Crippen molar-refractivity contribution in [3.63, 3.8) is 0 Å². The third kappa shape index (κ3) is 4.77. The molecule has 0 fully saturated rings. The molecule has 0 aromatic heterocycles. The van der Waals surface area contributed by atoms with Gasteiger partial charge in [0.15, 0.2) is 5.78 Å². The van der Waals surface area contributed by atoms with E-state index in [1.165, 1.54) is 13.8 Å². The van der Waals surface area contributed by atoms with Crippen LogP contribution < -0.4 is 9.47 Å². The Morgan fingerprint density at radius 3 is 1.95 bits per heavy atom. The standard InChI is InChI=1S/C16H22O5/c1-5-19-12-7-9-13(10-8-12)21-11-14(17)16(3,4)15(18)20-6-2/h7-10H,5-6,11H2,1-4H3. The summed E-state index contributed by atoms with van der Waals surface area (Å²) in [5, 5.41) is 0. The van der Waals surface area contributed by atoms with E-state index in [4.69, 9.17) is 14.2 Å². The molecule has 0 atom stereocenters. The second-order valence-electron chi connectivity index (χ2n) is 4.96. The van der Waals surface area contributed by atoms with Crippen molar-refractivity contribution in [1.82, 2.24) is 0 Å². The summed E-state index contributed by atoms with van der Waals surface area (Å²) in [4.78, 5) is 23.8. The van der Waals surface area contributed by atoms with Gasteiger partial charge < -0.3 is 14.2 Å². The van der Waals surface area contributed by atoms with Crippen LogP contribution in [0.25, 0.3) is 0 Å². The van der Waals surface area contributed by atoms with E-state index in [1.54, 1.807) is 31.2 Å². The largest absolute Gasteiger partial charge is 0.494 e. The number of rotatable bonds is 8. The number of carbonyl (C=O) groups excluding carboxylic acids is 2. The molecule has 0 amide bonds. The quantitative estimate of drug-likeness (QED) is 0.545. The molecule has 1 rings (SSSR count). The van der Waals surface area contributed by atoms with E-state index in [1.807, 2.05) is 6.92 Å². The summed E-state index contributed by atoms with van der Waals surface area (Å²) in [6.07, 6.45) is 0. The highest BCUT2D eigenvalue weighted by Gasteiger charge is 2.37. The van der Waals surface area contributed by atoms with Crippen molar-refractivity contribution >= 4 is 11.8 Å². The molecule has 0 bridgehead atoms. The van der Waals surface area contributed by atoms with Gasteiger partial charge in [-0.25, -0.2) is 0 Å². The molecule has 0 aliphatic heterocycles. The van der Waals surface area contributed by atoms with Gasteiger partial charge in [-0.3, -0.25) is 9.59 Å². The van der Waals surface area contributed by atoms with Gasteiger partial charge in [0.2, 0.25) is 0 Å². The summed E-state index contributed by atoms with van der Waals surface area (Å²) in [6.45, 7) is 7.33. The van der Waals surface area contributed by atoms with Crippen LogP contribution >= 0.6 is 0 Å². The van der Waals surface area contributed by atoms with Gasteiger partial charge in [-0.05, 0) is 52.0 Å². The highest BCUT2D eigenvalue weighted by molar-refractivity contribution is 6.03. The Kier molecular flexibility index (Phi) is 6.21. The lowest BCUT2D eigenvalue weighted by Gasteiger charge is -2.20. The minimum absolute atomic E-state index is 0.181. The summed E-state index contributed by atoms with van der Waals surface area (Å²) in [7, 11) is 0. The van der Waals surface area contributed by atoms with E-state index in [-0.39, 0.29) is 19.0 Å². The topological polar surface area (TPSA) is 61.8 Å². The lowest BCUT2D eigenvalue weighted by atomic mass is 9.88. The van der Waals surface area contributed by atoms with Crippen LogP contribution in [-0.2, 0) is 14.3 Å². The molecule has 0 aliphatic carbocycles. The fraction of sp³-hybridized carbons (Fsp3) is 0.500. The van der Waals surface area contributed by atoms with Crippen LogP contribution in [0.4, 0.5) is 0 Å². The molecule has 1 aromatic carbocycles. The van der Waals surface area contributed by atoms with Crippen molar-refractivity contribution in [2.75, 3.05) is 19.8 Å². The molecule has 0 radical (unpaired) electrons. The number of Topliss-reactive ketones (excluding diaryl/α,β-unsaturated/α-hetero) is 1. The predicted octanol–water partition coefficient (Wildman–Crippen LogP) is 2.62. The maximum atomic E-state index is 12.1. The van der Waals surface area contributed by atoms with Crippen LogP contribution in [0.15, 0.2) is 24.3 Å². The Morgan fingerprint density at radius 1 is 0.952 bits per heavy atom. The Balaban J connectivity index is 2.57. The van der Waals surface area contributed by atoms with Crippen molar-refractivity contribution in [3.8, 4) is 11.5 Å². The van der Waals surface area contributed by atoms with Crippen LogP contribution in [0.5, 0.6) is 11.5 Å². The number of esters is 1. The van der Waals surface area contributed by atoms with Crippen LogP contribution in [0.1, 0.15) is 27.7 Å². The molecule has 0 saturated heterocycles. The molecule has 0 aliphatic rings. The molecule has 5 nitrogen and oxygen atoms in total. The number of hydrogen-bond acceptors (Lipinski definition) is 5. The molecule has 21 heavy (non-hydrogen) atoms. The number of benzene rings is 1. The van der Waals surface area contributed by atoms with E-state index in [9.17, 15) is 9.59 Å². The first kappa shape index (κ1) is 17.0. The average Bonchev–Trinajstić information content (AvgIpc) is 2.46. The molecule has 0 spiro atoms. The molecule has 116 valence electrons. The third-order valence-electron chi connectivity index (χ3n) is 2.99. The molecular weight excluding hydrogens is 272 g/mol. The zero-order valence-corrected chi connectivity index (χ0v) is 13.0. The summed E-state index contributed by atoms with van der Waals surface area (Å²) in [5.74, 6) is 0.426. The molecular formula is C16H22O5. The highest BCUT2D eigenvalue weighted by atomic mass is 16.5. The zero-order chi connectivity index (χ0) is 15.9. The van der Waals surface area contributed by atoms with Gasteiger partial charge in [-0.15, -0.1) is 0 Å². The molecule has 0 unspecified atom stereocenters. The summed E-state index contributed by atoms with van der Waals surface area (Å²) in [6, 6.07) is 6.96. The first-order valence-electron chi connectivity index (χ1n) is 6.98. The maximum absolute atomic E-state index is 12.1. The van der Waals surface area contributed by atoms with Crippen molar-refractivity contribution in [2.24, 2.45) is 5.41 Å². The lowest BCUT2D eigenvalue weighted by Crippen LogP contribution is -2.38. The predicted molar refractivity (Wildman–Crippen MR) is 78.5 cm³/mol. The van der Waals surface area contributed by atoms with Crippen molar-refractivity contribution < 1.29 is 23.8 Å². The first-order valence-corrected chi connectivity index (χ1v) is 6.98. The van der Waals surface area contributed by atoms with Crippen LogP contribution in [0.2, 0.25) is 0 Å². The van der Waals surface area contributed by atoms with Gasteiger partial charge in [0.1, 0.15) is 23.5 Å². The maximum Gasteiger partial charge on any atom is 0.319 e. The van der Waals surface area contributed by atoms with Crippen molar-refractivity contribution in [3.05, 3.63) is 24.3 Å². The Labute approximate surface area is 125 Å². The molecule has 5 heteroatoms. The van der Waals surface area contributed by atoms with Gasteiger partial charge in [-0.2, -0.15) is 0 Å². The normalized spacial score (nSPS) is 10.9. The number of hydrogen-bond donors (Lipinski definition) is 0. The van der Waals surface area contributed by atoms with E-state index in [2.05, 4.69) is 0 Å². The molecule has 0 N–H and O–H groups in total. The Hall–Kier alpha value is -2.04. The van der Waals surface area contributed by atoms with Gasteiger partial charge in [-0.1, -0.05) is 0 Å². The molecule has 0 heterocycles. The SMILES string of the molecule is CCOC(=O)C(C)(C)C(=O)COc1ccc(OCC)cc1. The smallest absolute Gasteiger partial charge is 0.319 e. The average molecular weight is 294 g/mol. The minimum atomic E-state index is -1.21. The van der Waals surface area contributed by atoms with E-state index >= 15 is 0 Å². The number of carbonyl (C=O) groups is 2. The zero-order valence-electron chi connectivity index (χ0n) is 13.0. The van der Waals surface area contributed by atoms with Crippen LogP contribution in [0, 0.1) is 5.41 Å². The van der Waals surface area contributed by atoms with Gasteiger partial charge in [0.25, 0.3) is 0 Å². The van der Waals surface area contributed by atoms with E-state index < -0.39 is 11.4 Å². The number of ketones is 1. The van der Waals surface area contributed by atoms with Crippen molar-refractivity contribution in [1.29, 1.82) is 0 Å². The van der Waals surface area contributed by atoms with E-state index in [0.29, 0.717) is 12.4 Å². The summed E-state index contributed by atoms with van der Waals surface area (Å²) < 4.78 is 15.6. The fourth-order valence-corrected chi connectivity index (χ4v) is 1.55. The molecule has 0 saturated carbocycles. The molecule has 1 aromatic rings. The third-order valence-corrected chi connectivity index (χ3v) is 2.99. The lowest BCUT2D eigenvalue weighted by molar-refractivity contribution is -0.158. The summed E-state index contributed by atoms with van der Waals surface area (Å²) in [5.41, 5.74) is -1.21.